The lowest BCUT2D eigenvalue weighted by Crippen LogP contribution is -2.19. The summed E-state index contributed by atoms with van der Waals surface area (Å²) in [7, 11) is 0. The van der Waals surface area contributed by atoms with Gasteiger partial charge in [0.25, 0.3) is 0 Å². The summed E-state index contributed by atoms with van der Waals surface area (Å²) in [6.45, 7) is 3.95. The minimum absolute atomic E-state index is 0.300. The van der Waals surface area contributed by atoms with Gasteiger partial charge in [-0.2, -0.15) is 0 Å². The van der Waals surface area contributed by atoms with Crippen molar-refractivity contribution < 1.29 is 23.8 Å². The summed E-state index contributed by atoms with van der Waals surface area (Å²) in [6.07, 6.45) is 19.4. The maximum absolute atomic E-state index is 12.1. The van der Waals surface area contributed by atoms with E-state index in [1.807, 2.05) is 24.3 Å². The molecular formula is C36H52N2O5. The van der Waals surface area contributed by atoms with E-state index < -0.39 is 0 Å². The summed E-state index contributed by atoms with van der Waals surface area (Å²) < 4.78 is 16.7. The van der Waals surface area contributed by atoms with Crippen LogP contribution in [0.25, 0.3) is 6.08 Å². The van der Waals surface area contributed by atoms with E-state index in [4.69, 9.17) is 25.7 Å². The molecule has 7 nitrogen and oxygen atoms in total. The smallest absolute Gasteiger partial charge is 0.338 e. The molecule has 7 heteroatoms. The third-order valence-electron chi connectivity index (χ3n) is 8.30. The average molecular weight is 593 g/mol. The van der Waals surface area contributed by atoms with Crippen molar-refractivity contribution in [2.75, 3.05) is 31.3 Å². The Morgan fingerprint density at radius 3 is 1.86 bits per heavy atom. The van der Waals surface area contributed by atoms with Crippen LogP contribution in [0, 0.1) is 11.8 Å². The first-order valence-electron chi connectivity index (χ1n) is 16.3. The molecule has 2 aromatic carbocycles. The van der Waals surface area contributed by atoms with Gasteiger partial charge in [0.2, 0.25) is 0 Å². The van der Waals surface area contributed by atoms with E-state index in [-0.39, 0.29) is 11.9 Å². The molecule has 3 rings (SSSR count). The summed E-state index contributed by atoms with van der Waals surface area (Å²) >= 11 is 0. The van der Waals surface area contributed by atoms with E-state index >= 15 is 0 Å². The zero-order chi connectivity index (χ0) is 30.7. The largest absolute Gasteiger partial charge is 0.493 e. The van der Waals surface area contributed by atoms with Gasteiger partial charge in [-0.15, -0.1) is 0 Å². The van der Waals surface area contributed by atoms with Crippen LogP contribution in [0.4, 0.5) is 11.4 Å². The van der Waals surface area contributed by atoms with E-state index in [0.717, 1.165) is 62.4 Å². The molecule has 2 aromatic rings. The van der Waals surface area contributed by atoms with Crippen molar-refractivity contribution >= 4 is 29.4 Å². The van der Waals surface area contributed by atoms with Crippen LogP contribution in [0.2, 0.25) is 0 Å². The number of carbonyl (C=O) groups excluding carboxylic acids is 2. The number of nitrogens with two attached hydrogens (primary N) is 2. The second-order valence-corrected chi connectivity index (χ2v) is 11.9. The number of hydrogen-bond acceptors (Lipinski definition) is 7. The highest BCUT2D eigenvalue weighted by molar-refractivity contribution is 5.91. The molecule has 0 unspecified atom stereocenters. The quantitative estimate of drug-likeness (QED) is 0.0729. The molecule has 43 heavy (non-hydrogen) atoms. The van der Waals surface area contributed by atoms with Gasteiger partial charge in [0, 0.05) is 17.5 Å². The maximum Gasteiger partial charge on any atom is 0.338 e. The number of hydrogen-bond donors (Lipinski definition) is 2. The predicted molar refractivity (Wildman–Crippen MR) is 175 cm³/mol. The fraction of sp³-hybridized carbons (Fsp3) is 0.556. The molecule has 0 amide bonds. The SMILES string of the molecule is CCC1CCC(COc2ccc(/C=C/C(=O)OCCCCCCCCCCCOC(=O)c3cc(N)cc(N)c3)cc2)CC1. The van der Waals surface area contributed by atoms with Gasteiger partial charge in [-0.1, -0.05) is 83.3 Å². The van der Waals surface area contributed by atoms with Gasteiger partial charge < -0.3 is 25.7 Å². The molecule has 1 aliphatic carbocycles. The minimum Gasteiger partial charge on any atom is -0.493 e. The fourth-order valence-electron chi connectivity index (χ4n) is 5.56. The van der Waals surface area contributed by atoms with Crippen LogP contribution in [0.1, 0.15) is 113 Å². The Kier molecular flexibility index (Phi) is 15.6. The zero-order valence-corrected chi connectivity index (χ0v) is 26.1. The van der Waals surface area contributed by atoms with Crippen LogP contribution in [0.15, 0.2) is 48.5 Å². The molecule has 1 fully saturated rings. The molecule has 0 atom stereocenters. The lowest BCUT2D eigenvalue weighted by atomic mass is 9.81. The van der Waals surface area contributed by atoms with E-state index in [1.54, 1.807) is 24.3 Å². The molecule has 0 heterocycles. The molecule has 4 N–H and O–H groups in total. The lowest BCUT2D eigenvalue weighted by Gasteiger charge is -2.27. The fourth-order valence-corrected chi connectivity index (χ4v) is 5.56. The Morgan fingerprint density at radius 1 is 0.744 bits per heavy atom. The van der Waals surface area contributed by atoms with Gasteiger partial charge in [-0.25, -0.2) is 9.59 Å². The molecule has 1 aliphatic rings. The van der Waals surface area contributed by atoms with Crippen LogP contribution < -0.4 is 16.2 Å². The highest BCUT2D eigenvalue weighted by atomic mass is 16.5. The number of unbranched alkanes of at least 4 members (excludes halogenated alkanes) is 8. The standard InChI is InChI=1S/C36H52N2O5/c1-2-28-12-14-30(15-13-28)27-43-34-19-16-29(17-20-34)18-21-35(39)41-22-10-8-6-4-3-5-7-9-11-23-42-36(40)31-24-32(37)26-33(38)25-31/h16-21,24-26,28,30H,2-15,22-23,27,37-38H2,1H3/b21-18+. The Labute approximate surface area is 258 Å². The second-order valence-electron chi connectivity index (χ2n) is 11.9. The van der Waals surface area contributed by atoms with Crippen LogP contribution in [-0.2, 0) is 14.3 Å². The number of ether oxygens (including phenoxy) is 3. The average Bonchev–Trinajstić information content (AvgIpc) is 3.01. The molecule has 0 saturated heterocycles. The van der Waals surface area contributed by atoms with Gasteiger partial charge >= 0.3 is 11.9 Å². The van der Waals surface area contributed by atoms with Gasteiger partial charge in [0.15, 0.2) is 0 Å². The molecule has 236 valence electrons. The Morgan fingerprint density at radius 2 is 1.28 bits per heavy atom. The number of carbonyl (C=O) groups is 2. The number of benzene rings is 2. The first-order valence-corrected chi connectivity index (χ1v) is 16.3. The number of esters is 2. The number of nitrogen functional groups attached to an aromatic ring is 2. The van der Waals surface area contributed by atoms with E-state index in [2.05, 4.69) is 6.92 Å². The summed E-state index contributed by atoms with van der Waals surface area (Å²) in [4.78, 5) is 24.1. The van der Waals surface area contributed by atoms with Gasteiger partial charge in [-0.3, -0.25) is 0 Å². The molecule has 0 aliphatic heterocycles. The van der Waals surface area contributed by atoms with E-state index in [0.29, 0.717) is 36.1 Å². The Hall–Kier alpha value is -3.48. The van der Waals surface area contributed by atoms with Gasteiger partial charge in [-0.05, 0) is 79.5 Å². The third-order valence-corrected chi connectivity index (χ3v) is 8.30. The van der Waals surface area contributed by atoms with Crippen molar-refractivity contribution in [3.8, 4) is 5.75 Å². The van der Waals surface area contributed by atoms with Crippen LogP contribution in [-0.4, -0.2) is 31.8 Å². The molecule has 0 spiro atoms. The number of rotatable bonds is 19. The minimum atomic E-state index is -0.383. The summed E-state index contributed by atoms with van der Waals surface area (Å²) in [5.41, 5.74) is 13.7. The van der Waals surface area contributed by atoms with E-state index in [1.165, 1.54) is 57.4 Å². The van der Waals surface area contributed by atoms with E-state index in [9.17, 15) is 9.59 Å². The van der Waals surface area contributed by atoms with Crippen LogP contribution in [0.3, 0.4) is 0 Å². The summed E-state index contributed by atoms with van der Waals surface area (Å²) in [5, 5.41) is 0. The van der Waals surface area contributed by atoms with Crippen molar-refractivity contribution in [3.05, 3.63) is 59.7 Å². The molecule has 0 bridgehead atoms. The Bertz CT molecular complexity index is 1100. The zero-order valence-electron chi connectivity index (χ0n) is 26.1. The van der Waals surface area contributed by atoms with Crippen molar-refractivity contribution in [3.63, 3.8) is 0 Å². The maximum atomic E-state index is 12.1. The summed E-state index contributed by atoms with van der Waals surface area (Å²) in [6, 6.07) is 12.7. The van der Waals surface area contributed by atoms with Crippen LogP contribution in [0.5, 0.6) is 5.75 Å². The third kappa shape index (κ3) is 14.0. The predicted octanol–water partition coefficient (Wildman–Crippen LogP) is 8.37. The van der Waals surface area contributed by atoms with Crippen molar-refractivity contribution in [2.45, 2.75) is 96.8 Å². The topological polar surface area (TPSA) is 114 Å². The van der Waals surface area contributed by atoms with Crippen LogP contribution >= 0.6 is 0 Å². The highest BCUT2D eigenvalue weighted by Crippen LogP contribution is 2.31. The lowest BCUT2D eigenvalue weighted by molar-refractivity contribution is -0.137. The monoisotopic (exact) mass is 592 g/mol. The molecule has 0 aromatic heterocycles. The Balaban J connectivity index is 1.12. The highest BCUT2D eigenvalue weighted by Gasteiger charge is 2.20. The molecule has 1 saturated carbocycles. The molecule has 0 radical (unpaired) electrons. The molecular weight excluding hydrogens is 540 g/mol. The first kappa shape index (κ1) is 34.0. The normalized spacial score (nSPS) is 16.7. The van der Waals surface area contributed by atoms with Crippen molar-refractivity contribution in [2.24, 2.45) is 11.8 Å². The van der Waals surface area contributed by atoms with Crippen molar-refractivity contribution in [1.82, 2.24) is 0 Å². The van der Waals surface area contributed by atoms with Gasteiger partial charge in [0.1, 0.15) is 5.75 Å². The second kappa shape index (κ2) is 19.7. The van der Waals surface area contributed by atoms with Gasteiger partial charge in [0.05, 0.1) is 25.4 Å². The van der Waals surface area contributed by atoms with Crippen molar-refractivity contribution in [1.29, 1.82) is 0 Å². The number of anilines is 2. The summed E-state index contributed by atoms with van der Waals surface area (Å²) in [5.74, 6) is 1.78. The first-order chi connectivity index (χ1) is 20.9.